The van der Waals surface area contributed by atoms with E-state index < -0.39 is 98.2 Å². The van der Waals surface area contributed by atoms with Crippen molar-refractivity contribution in [3.63, 3.8) is 0 Å². The van der Waals surface area contributed by atoms with Crippen molar-refractivity contribution in [1.82, 2.24) is 0 Å². The fraction of sp³-hybridized carbons (Fsp3) is 0.273. The second kappa shape index (κ2) is 11.9. The van der Waals surface area contributed by atoms with Gasteiger partial charge in [0.25, 0.3) is 11.8 Å². The van der Waals surface area contributed by atoms with Crippen molar-refractivity contribution in [2.24, 2.45) is 17.8 Å². The lowest BCUT2D eigenvalue weighted by atomic mass is 9.56. The molecule has 0 aromatic heterocycles. The van der Waals surface area contributed by atoms with Crippen LogP contribution in [0.5, 0.6) is 11.5 Å². The molecule has 6 unspecified atom stereocenters. The Bertz CT molecular complexity index is 2100. The van der Waals surface area contributed by atoms with Crippen molar-refractivity contribution < 1.29 is 51.0 Å². The highest BCUT2D eigenvalue weighted by atomic mass is 127. The number of rotatable bonds is 4. The van der Waals surface area contributed by atoms with E-state index in [4.69, 9.17) is 27.9 Å². The molecule has 8 nitrogen and oxygen atoms in total. The molecule has 0 radical (unpaired) electrons. The Morgan fingerprint density at radius 2 is 1.48 bits per heavy atom. The standard InChI is InChI=1S/C33H19BrCl2F5IN2O6/c1-50-18-9-11(8-17(42)27(18)45)20-14-6-7-15-19(29(47)43(28(15)46)13-4-2-12(34)3-5-13)16(14)10-32(35)30(48)44(31(49)33(20,32)36)26-24(40)22(38)21(37)23(39)25(26)41/h2-6,8-9,15-16,19-20,45H,7,10H2,1H3. The molecule has 6 atom stereocenters. The Morgan fingerprint density at radius 3 is 2.08 bits per heavy atom. The van der Waals surface area contributed by atoms with Crippen molar-refractivity contribution in [2.75, 3.05) is 16.9 Å². The van der Waals surface area contributed by atoms with E-state index in [-0.39, 0.29) is 43.2 Å². The molecule has 0 spiro atoms. The van der Waals surface area contributed by atoms with Crippen LogP contribution in [0.25, 0.3) is 0 Å². The first-order chi connectivity index (χ1) is 23.5. The van der Waals surface area contributed by atoms with Crippen LogP contribution in [0.2, 0.25) is 0 Å². The third kappa shape index (κ3) is 4.51. The molecule has 2 aliphatic carbocycles. The van der Waals surface area contributed by atoms with Gasteiger partial charge in [0, 0.05) is 10.4 Å². The lowest BCUT2D eigenvalue weighted by Gasteiger charge is -2.50. The number of phenolic OH excluding ortho intramolecular Hbond substituents is 1. The second-order valence-corrected chi connectivity index (χ2v) is 15.6. The molecule has 0 bridgehead atoms. The van der Waals surface area contributed by atoms with Crippen molar-refractivity contribution in [1.29, 1.82) is 0 Å². The van der Waals surface area contributed by atoms with Crippen molar-refractivity contribution in [2.45, 2.75) is 28.5 Å². The fourth-order valence-corrected chi connectivity index (χ4v) is 9.53. The van der Waals surface area contributed by atoms with E-state index in [1.165, 1.54) is 19.2 Å². The predicted octanol–water partition coefficient (Wildman–Crippen LogP) is 7.23. The van der Waals surface area contributed by atoms with E-state index in [0.29, 0.717) is 4.47 Å². The Kier molecular flexibility index (Phi) is 8.35. The van der Waals surface area contributed by atoms with E-state index in [1.54, 1.807) is 52.9 Å². The zero-order valence-corrected chi connectivity index (χ0v) is 30.3. The van der Waals surface area contributed by atoms with Gasteiger partial charge in [0.2, 0.25) is 17.6 Å². The quantitative estimate of drug-likeness (QED) is 0.0564. The van der Waals surface area contributed by atoms with E-state index >= 15 is 8.78 Å². The monoisotopic (exact) mass is 910 g/mol. The van der Waals surface area contributed by atoms with Crippen LogP contribution in [0, 0.1) is 50.4 Å². The molecule has 3 aromatic rings. The topological polar surface area (TPSA) is 104 Å². The van der Waals surface area contributed by atoms with Gasteiger partial charge in [0.1, 0.15) is 5.69 Å². The Hall–Kier alpha value is -3.28. The number of carbonyl (C=O) groups excluding carboxylic acids is 4. The molecule has 2 aliphatic heterocycles. The normalized spacial score (nSPS) is 28.9. The number of hydrogen-bond acceptors (Lipinski definition) is 6. The largest absolute Gasteiger partial charge is 0.504 e. The van der Waals surface area contributed by atoms with Gasteiger partial charge in [-0.25, -0.2) is 26.9 Å². The molecule has 1 saturated carbocycles. The number of imide groups is 2. The summed E-state index contributed by atoms with van der Waals surface area (Å²) in [5, 5.41) is 10.6. The summed E-state index contributed by atoms with van der Waals surface area (Å²) in [6, 6.07) is 9.03. The minimum absolute atomic E-state index is 0.0251. The number of ether oxygens (including phenoxy) is 1. The summed E-state index contributed by atoms with van der Waals surface area (Å²) in [5.41, 5.74) is -1.24. The number of amides is 4. The smallest absolute Gasteiger partial charge is 0.258 e. The maximum atomic E-state index is 15.2. The predicted molar refractivity (Wildman–Crippen MR) is 180 cm³/mol. The maximum Gasteiger partial charge on any atom is 0.258 e. The number of fused-ring (bicyclic) bond motifs is 4. The van der Waals surface area contributed by atoms with Crippen LogP contribution >= 0.6 is 61.7 Å². The van der Waals surface area contributed by atoms with Gasteiger partial charge >= 0.3 is 0 Å². The number of halogens is 9. The van der Waals surface area contributed by atoms with E-state index in [2.05, 4.69) is 15.9 Å². The molecular formula is C33H19BrCl2F5IN2O6. The van der Waals surface area contributed by atoms with Gasteiger partial charge in [-0.3, -0.25) is 24.1 Å². The summed E-state index contributed by atoms with van der Waals surface area (Å²) in [7, 11) is 1.24. The number of benzene rings is 3. The van der Waals surface area contributed by atoms with Crippen LogP contribution in [-0.4, -0.2) is 45.6 Å². The van der Waals surface area contributed by atoms with Gasteiger partial charge in [0.05, 0.1) is 28.2 Å². The third-order valence-electron chi connectivity index (χ3n) is 9.91. The first kappa shape index (κ1) is 35.1. The number of nitrogens with zero attached hydrogens (tertiary/aromatic N) is 2. The number of alkyl halides is 2. The molecule has 7 rings (SSSR count). The third-order valence-corrected chi connectivity index (χ3v) is 12.7. The zero-order valence-electron chi connectivity index (χ0n) is 25.0. The molecule has 260 valence electrons. The zero-order chi connectivity index (χ0) is 36.4. The van der Waals surface area contributed by atoms with Crippen LogP contribution in [0.3, 0.4) is 0 Å². The Labute approximate surface area is 311 Å². The van der Waals surface area contributed by atoms with Crippen LogP contribution in [0.4, 0.5) is 33.3 Å². The van der Waals surface area contributed by atoms with Crippen LogP contribution in [0.15, 0.2) is 52.5 Å². The van der Waals surface area contributed by atoms with Crippen molar-refractivity contribution in [3.8, 4) is 11.5 Å². The average Bonchev–Trinajstić information content (AvgIpc) is 3.42. The number of methoxy groups -OCH3 is 1. The maximum absolute atomic E-state index is 15.2. The number of carbonyl (C=O) groups is 4. The average molecular weight is 912 g/mol. The van der Waals surface area contributed by atoms with Crippen molar-refractivity contribution >= 4 is 96.7 Å². The molecule has 1 N–H and O–H groups in total. The van der Waals surface area contributed by atoms with Gasteiger partial charge in [-0.2, -0.15) is 0 Å². The second-order valence-electron chi connectivity index (χ2n) is 12.2. The fourth-order valence-electron chi connectivity index (χ4n) is 7.70. The SMILES string of the molecule is COc1cc(C2C3=CCC4C(=O)N(c5ccc(Br)cc5)C(=O)C4C3CC3(Cl)C(=O)N(c4c(F)c(F)c(F)c(F)c4F)C(=O)C23Cl)cc(I)c1O. The Morgan fingerprint density at radius 1 is 0.880 bits per heavy atom. The molecule has 4 aliphatic rings. The first-order valence-electron chi connectivity index (χ1n) is 14.7. The summed E-state index contributed by atoms with van der Waals surface area (Å²) < 4.78 is 79.6. The van der Waals surface area contributed by atoms with E-state index in [0.717, 1.165) is 4.90 Å². The summed E-state index contributed by atoms with van der Waals surface area (Å²) >= 11 is 19.4. The summed E-state index contributed by atoms with van der Waals surface area (Å²) in [5.74, 6) is -21.8. The van der Waals surface area contributed by atoms with Crippen LogP contribution in [-0.2, 0) is 19.2 Å². The van der Waals surface area contributed by atoms with Crippen LogP contribution in [0.1, 0.15) is 24.3 Å². The van der Waals surface area contributed by atoms with Gasteiger partial charge in [-0.1, -0.05) is 27.6 Å². The lowest BCUT2D eigenvalue weighted by Crippen LogP contribution is -2.60. The van der Waals surface area contributed by atoms with Gasteiger partial charge in [-0.05, 0) is 83.3 Å². The number of allylic oxidation sites excluding steroid dienone is 2. The molecule has 17 heteroatoms. The van der Waals surface area contributed by atoms with E-state index in [1.807, 2.05) is 0 Å². The number of aromatic hydroxyl groups is 1. The highest BCUT2D eigenvalue weighted by Gasteiger charge is 2.77. The molecule has 2 saturated heterocycles. The number of hydrogen-bond donors (Lipinski definition) is 1. The molecule has 3 aromatic carbocycles. The van der Waals surface area contributed by atoms with Gasteiger partial charge < -0.3 is 9.84 Å². The summed E-state index contributed by atoms with van der Waals surface area (Å²) in [4.78, 5) is 52.1. The first-order valence-corrected chi connectivity index (χ1v) is 17.3. The van der Waals surface area contributed by atoms with Gasteiger partial charge in [0.15, 0.2) is 44.5 Å². The lowest BCUT2D eigenvalue weighted by molar-refractivity contribution is -0.125. The molecular weight excluding hydrogens is 893 g/mol. The van der Waals surface area contributed by atoms with Gasteiger partial charge in [-0.15, -0.1) is 23.2 Å². The summed E-state index contributed by atoms with van der Waals surface area (Å²) in [6.07, 6.45) is 0.915. The number of phenols is 1. The Balaban J connectivity index is 1.45. The summed E-state index contributed by atoms with van der Waals surface area (Å²) in [6.45, 7) is 0. The molecule has 2 heterocycles. The highest BCUT2D eigenvalue weighted by Crippen LogP contribution is 2.66. The minimum atomic E-state index is -2.71. The minimum Gasteiger partial charge on any atom is -0.504 e. The van der Waals surface area contributed by atoms with E-state index in [9.17, 15) is 37.5 Å². The molecule has 4 amide bonds. The van der Waals surface area contributed by atoms with Crippen molar-refractivity contribution in [3.05, 3.63) is 90.7 Å². The molecule has 50 heavy (non-hydrogen) atoms. The molecule has 3 fully saturated rings. The number of anilines is 2. The van der Waals surface area contributed by atoms with Crippen LogP contribution < -0.4 is 14.5 Å². The highest BCUT2D eigenvalue weighted by molar-refractivity contribution is 14.1.